The van der Waals surface area contributed by atoms with Gasteiger partial charge < -0.3 is 4.90 Å². The molecule has 4 nitrogen and oxygen atoms in total. The third kappa shape index (κ3) is 3.42. The fourth-order valence-corrected chi connectivity index (χ4v) is 2.85. The first-order chi connectivity index (χ1) is 10.2. The predicted molar refractivity (Wildman–Crippen MR) is 80.7 cm³/mol. The second kappa shape index (κ2) is 6.26. The second-order valence-corrected chi connectivity index (χ2v) is 5.59. The fraction of sp³-hybridized carbons (Fsp3) is 0.438. The van der Waals surface area contributed by atoms with Crippen LogP contribution in [0, 0.1) is 5.82 Å². The summed E-state index contributed by atoms with van der Waals surface area (Å²) in [5, 5.41) is 2.81. The molecule has 1 aromatic carbocycles. The third-order valence-electron chi connectivity index (χ3n) is 4.02. The van der Waals surface area contributed by atoms with Crippen LogP contribution in [0.2, 0.25) is 0 Å². The monoisotopic (exact) mass is 289 g/mol. The number of aromatic nitrogens is 2. The summed E-state index contributed by atoms with van der Waals surface area (Å²) in [4.78, 5) is 14.4. The number of hydrogen-bond acceptors (Lipinski definition) is 2. The van der Waals surface area contributed by atoms with Gasteiger partial charge in [0.2, 0.25) is 0 Å². The first-order valence-electron chi connectivity index (χ1n) is 7.50. The molecule has 0 unspecified atom stereocenters. The van der Waals surface area contributed by atoms with E-state index < -0.39 is 0 Å². The lowest BCUT2D eigenvalue weighted by atomic mass is 10.1. The van der Waals surface area contributed by atoms with E-state index in [1.165, 1.54) is 31.4 Å². The minimum atomic E-state index is -0.326. The van der Waals surface area contributed by atoms with E-state index in [0.29, 0.717) is 11.1 Å². The SMILES string of the molecule is O=c1[nH]n(CCN2CCCCC2)cc1-c1cccc(F)c1. The fourth-order valence-electron chi connectivity index (χ4n) is 2.85. The molecule has 1 fully saturated rings. The Balaban J connectivity index is 1.70. The van der Waals surface area contributed by atoms with Crippen LogP contribution in [-0.4, -0.2) is 34.3 Å². The lowest BCUT2D eigenvalue weighted by Crippen LogP contribution is -2.32. The lowest BCUT2D eigenvalue weighted by molar-refractivity contribution is 0.218. The van der Waals surface area contributed by atoms with Crippen LogP contribution < -0.4 is 5.56 Å². The van der Waals surface area contributed by atoms with Gasteiger partial charge in [0.25, 0.3) is 5.56 Å². The molecule has 5 heteroatoms. The van der Waals surface area contributed by atoms with Crippen LogP contribution in [-0.2, 0) is 6.54 Å². The van der Waals surface area contributed by atoms with Crippen molar-refractivity contribution in [1.82, 2.24) is 14.7 Å². The van der Waals surface area contributed by atoms with Gasteiger partial charge >= 0.3 is 0 Å². The van der Waals surface area contributed by atoms with Crippen LogP contribution in [0.25, 0.3) is 11.1 Å². The van der Waals surface area contributed by atoms with Gasteiger partial charge in [0.1, 0.15) is 5.82 Å². The van der Waals surface area contributed by atoms with Crippen molar-refractivity contribution >= 4 is 0 Å². The molecule has 1 N–H and O–H groups in total. The minimum Gasteiger partial charge on any atom is -0.302 e. The van der Waals surface area contributed by atoms with Crippen molar-refractivity contribution in [2.24, 2.45) is 0 Å². The lowest BCUT2D eigenvalue weighted by Gasteiger charge is -2.26. The van der Waals surface area contributed by atoms with Gasteiger partial charge in [0.15, 0.2) is 0 Å². The van der Waals surface area contributed by atoms with Crippen molar-refractivity contribution in [3.63, 3.8) is 0 Å². The van der Waals surface area contributed by atoms with E-state index in [1.807, 2.05) is 0 Å². The van der Waals surface area contributed by atoms with Crippen LogP contribution >= 0.6 is 0 Å². The molecule has 1 saturated heterocycles. The highest BCUT2D eigenvalue weighted by molar-refractivity contribution is 5.61. The topological polar surface area (TPSA) is 41.0 Å². The van der Waals surface area contributed by atoms with Crippen molar-refractivity contribution in [3.8, 4) is 11.1 Å². The standard InChI is InChI=1S/C16H20FN3O/c17-14-6-4-5-13(11-14)15-12-20(18-16(15)21)10-9-19-7-2-1-3-8-19/h4-6,11-12H,1-3,7-10H2,(H,18,21). The van der Waals surface area contributed by atoms with Gasteiger partial charge in [-0.15, -0.1) is 0 Å². The van der Waals surface area contributed by atoms with Gasteiger partial charge in [-0.05, 0) is 43.6 Å². The second-order valence-electron chi connectivity index (χ2n) is 5.59. The molecule has 2 heterocycles. The molecule has 0 aliphatic carbocycles. The van der Waals surface area contributed by atoms with Crippen LogP contribution in [0.15, 0.2) is 35.3 Å². The Morgan fingerprint density at radius 1 is 1.14 bits per heavy atom. The van der Waals surface area contributed by atoms with E-state index in [9.17, 15) is 9.18 Å². The van der Waals surface area contributed by atoms with Crippen molar-refractivity contribution in [1.29, 1.82) is 0 Å². The number of nitrogens with zero attached hydrogens (tertiary/aromatic N) is 2. The summed E-state index contributed by atoms with van der Waals surface area (Å²) in [5.41, 5.74) is 0.973. The van der Waals surface area contributed by atoms with Crippen molar-refractivity contribution < 1.29 is 4.39 Å². The first kappa shape index (κ1) is 14.1. The number of H-pyrrole nitrogens is 1. The molecule has 0 amide bonds. The number of likely N-dealkylation sites (tertiary alicyclic amines) is 1. The average molecular weight is 289 g/mol. The quantitative estimate of drug-likeness (QED) is 0.939. The van der Waals surface area contributed by atoms with Crippen molar-refractivity contribution in [2.45, 2.75) is 25.8 Å². The average Bonchev–Trinajstić information content (AvgIpc) is 2.87. The summed E-state index contributed by atoms with van der Waals surface area (Å²) < 4.78 is 15.1. The van der Waals surface area contributed by atoms with Gasteiger partial charge in [-0.25, -0.2) is 4.39 Å². The maximum atomic E-state index is 13.3. The highest BCUT2D eigenvalue weighted by Gasteiger charge is 2.11. The highest BCUT2D eigenvalue weighted by atomic mass is 19.1. The van der Waals surface area contributed by atoms with E-state index in [1.54, 1.807) is 23.0 Å². The Labute approximate surface area is 123 Å². The Morgan fingerprint density at radius 3 is 2.71 bits per heavy atom. The summed E-state index contributed by atoms with van der Waals surface area (Å²) in [7, 11) is 0. The molecule has 0 saturated carbocycles. The largest absolute Gasteiger partial charge is 0.302 e. The van der Waals surface area contributed by atoms with Crippen LogP contribution in [0.3, 0.4) is 0 Å². The smallest absolute Gasteiger partial charge is 0.271 e. The molecule has 1 aliphatic rings. The van der Waals surface area contributed by atoms with E-state index in [-0.39, 0.29) is 11.4 Å². The number of hydrogen-bond donors (Lipinski definition) is 1. The summed E-state index contributed by atoms with van der Waals surface area (Å²) in [6, 6.07) is 6.14. The van der Waals surface area contributed by atoms with E-state index in [0.717, 1.165) is 26.2 Å². The zero-order valence-electron chi connectivity index (χ0n) is 12.0. The van der Waals surface area contributed by atoms with Gasteiger partial charge in [-0.3, -0.25) is 14.6 Å². The summed E-state index contributed by atoms with van der Waals surface area (Å²) in [5.74, 6) is -0.326. The number of rotatable bonds is 4. The maximum absolute atomic E-state index is 13.3. The predicted octanol–water partition coefficient (Wildman–Crippen LogP) is 2.47. The number of piperidine rings is 1. The van der Waals surface area contributed by atoms with E-state index in [2.05, 4.69) is 10.00 Å². The Morgan fingerprint density at radius 2 is 1.95 bits per heavy atom. The molecule has 0 atom stereocenters. The summed E-state index contributed by atoms with van der Waals surface area (Å²) in [6.45, 7) is 3.97. The maximum Gasteiger partial charge on any atom is 0.271 e. The Bertz CT molecular complexity index is 656. The van der Waals surface area contributed by atoms with Crippen molar-refractivity contribution in [2.75, 3.05) is 19.6 Å². The summed E-state index contributed by atoms with van der Waals surface area (Å²) in [6.07, 6.45) is 5.62. The number of halogens is 1. The molecule has 0 bridgehead atoms. The number of nitrogens with one attached hydrogen (secondary N) is 1. The van der Waals surface area contributed by atoms with Crippen LogP contribution in [0.1, 0.15) is 19.3 Å². The molecular weight excluding hydrogens is 269 g/mol. The van der Waals surface area contributed by atoms with Crippen LogP contribution in [0.4, 0.5) is 4.39 Å². The molecule has 0 spiro atoms. The molecule has 2 aromatic rings. The van der Waals surface area contributed by atoms with Gasteiger partial charge in [0, 0.05) is 12.7 Å². The first-order valence-corrected chi connectivity index (χ1v) is 7.50. The molecule has 21 heavy (non-hydrogen) atoms. The summed E-state index contributed by atoms with van der Waals surface area (Å²) >= 11 is 0. The zero-order valence-corrected chi connectivity index (χ0v) is 12.0. The molecular formula is C16H20FN3O. The molecule has 1 aliphatic heterocycles. The van der Waals surface area contributed by atoms with E-state index >= 15 is 0 Å². The van der Waals surface area contributed by atoms with Gasteiger partial charge in [0.05, 0.1) is 12.1 Å². The highest BCUT2D eigenvalue weighted by Crippen LogP contribution is 2.16. The van der Waals surface area contributed by atoms with Crippen molar-refractivity contribution in [3.05, 3.63) is 46.6 Å². The van der Waals surface area contributed by atoms with Gasteiger partial charge in [-0.2, -0.15) is 0 Å². The Hall–Kier alpha value is -1.88. The van der Waals surface area contributed by atoms with Gasteiger partial charge in [-0.1, -0.05) is 18.6 Å². The molecule has 3 rings (SSSR count). The number of aromatic amines is 1. The minimum absolute atomic E-state index is 0.167. The molecule has 0 radical (unpaired) electrons. The number of benzene rings is 1. The molecule has 112 valence electrons. The zero-order chi connectivity index (χ0) is 14.7. The van der Waals surface area contributed by atoms with E-state index in [4.69, 9.17) is 0 Å². The normalized spacial score (nSPS) is 16.2. The Kier molecular flexibility index (Phi) is 4.20. The molecule has 1 aromatic heterocycles. The van der Waals surface area contributed by atoms with Crippen LogP contribution in [0.5, 0.6) is 0 Å². The third-order valence-corrected chi connectivity index (χ3v) is 4.02.